The van der Waals surface area contributed by atoms with Crippen LogP contribution in [0.3, 0.4) is 0 Å². The summed E-state index contributed by atoms with van der Waals surface area (Å²) in [6.45, 7) is 0.254. The molecule has 11 nitrogen and oxygen atoms in total. The lowest BCUT2D eigenvalue weighted by Gasteiger charge is -2.20. The molecule has 0 aliphatic heterocycles. The van der Waals surface area contributed by atoms with E-state index < -0.39 is 17.9 Å². The Morgan fingerprint density at radius 2 is 1.86 bits per heavy atom. The molecule has 0 aliphatic rings. The highest BCUT2D eigenvalue weighted by molar-refractivity contribution is 6.00. The van der Waals surface area contributed by atoms with Crippen LogP contribution in [0.15, 0.2) is 73.3 Å². The van der Waals surface area contributed by atoms with Gasteiger partial charge in [0.1, 0.15) is 35.5 Å². The molecule has 12 heteroatoms. The number of rotatable bonds is 10. The highest BCUT2D eigenvalue weighted by Gasteiger charge is 2.21. The number of anilines is 2. The molecule has 0 spiro atoms. The maximum Gasteiger partial charge on any atom is 0.305 e. The molecule has 5 rings (SSSR count). The molecule has 0 fully saturated rings. The smallest absolute Gasteiger partial charge is 0.305 e. The predicted octanol–water partition coefficient (Wildman–Crippen LogP) is 4.21. The van der Waals surface area contributed by atoms with Gasteiger partial charge in [-0.3, -0.25) is 9.59 Å². The average Bonchev–Trinajstić information content (AvgIpc) is 3.43. The zero-order chi connectivity index (χ0) is 29.6. The molecule has 0 aliphatic carbocycles. The number of nitriles is 1. The number of nitrogens with two attached hydrogens (primary N) is 1. The Hall–Kier alpha value is -5.83. The number of benzene rings is 2. The fourth-order valence-electron chi connectivity index (χ4n) is 4.58. The molecule has 0 bridgehead atoms. The van der Waals surface area contributed by atoms with Crippen LogP contribution in [0, 0.1) is 17.1 Å². The van der Waals surface area contributed by atoms with Crippen LogP contribution in [-0.4, -0.2) is 43.5 Å². The van der Waals surface area contributed by atoms with Gasteiger partial charge in [0, 0.05) is 24.5 Å². The van der Waals surface area contributed by atoms with Crippen LogP contribution in [0.25, 0.3) is 22.2 Å². The van der Waals surface area contributed by atoms with Crippen molar-refractivity contribution in [2.24, 2.45) is 0 Å². The van der Waals surface area contributed by atoms with E-state index in [4.69, 9.17) is 5.73 Å². The number of amides is 1. The van der Waals surface area contributed by atoms with E-state index >= 15 is 0 Å². The molecule has 0 unspecified atom stereocenters. The predicted molar refractivity (Wildman–Crippen MR) is 154 cm³/mol. The summed E-state index contributed by atoms with van der Waals surface area (Å²) in [7, 11) is 0. The molecule has 210 valence electrons. The van der Waals surface area contributed by atoms with Crippen molar-refractivity contribution in [3.63, 3.8) is 0 Å². The Bertz CT molecular complexity index is 1800. The standard InChI is InChI=1S/C30H25FN8O3/c31-21-7-1-17(2-8-21)9-10-34-30(42)22-11-18(13-32)14-35-28(22)39-24(12-25(40)41)20-5-3-19(4-6-20)23-15-36-29-26(23)27(33)37-16-38-29/h1-8,11,14-16,24H,9-10,12H2,(H,34,42)(H,35,39)(H,40,41)(H3,33,36,37,38)/t24-/m1/s1. The van der Waals surface area contributed by atoms with Crippen molar-refractivity contribution in [2.75, 3.05) is 17.6 Å². The number of hydrogen-bond acceptors (Lipinski definition) is 8. The Kier molecular flexibility index (Phi) is 8.01. The Morgan fingerprint density at radius 1 is 1.10 bits per heavy atom. The van der Waals surface area contributed by atoms with Crippen molar-refractivity contribution in [1.82, 2.24) is 25.3 Å². The quantitative estimate of drug-likeness (QED) is 0.166. The van der Waals surface area contributed by atoms with Crippen molar-refractivity contribution in [2.45, 2.75) is 18.9 Å². The lowest BCUT2D eigenvalue weighted by Crippen LogP contribution is -2.27. The first-order valence-electron chi connectivity index (χ1n) is 12.9. The van der Waals surface area contributed by atoms with E-state index in [-0.39, 0.29) is 35.7 Å². The maximum atomic E-state index is 13.2. The number of H-pyrrole nitrogens is 1. The Labute approximate surface area is 239 Å². The van der Waals surface area contributed by atoms with Crippen LogP contribution in [0.5, 0.6) is 0 Å². The van der Waals surface area contributed by atoms with Crippen LogP contribution in [0.1, 0.15) is 39.5 Å². The van der Waals surface area contributed by atoms with Crippen molar-refractivity contribution in [1.29, 1.82) is 5.26 Å². The Balaban J connectivity index is 1.38. The summed E-state index contributed by atoms with van der Waals surface area (Å²) in [5.74, 6) is -1.43. The number of nitrogens with zero attached hydrogens (tertiary/aromatic N) is 4. The van der Waals surface area contributed by atoms with Crippen molar-refractivity contribution < 1.29 is 19.1 Å². The summed E-state index contributed by atoms with van der Waals surface area (Å²) in [6, 6.07) is 15.8. The molecule has 0 saturated carbocycles. The van der Waals surface area contributed by atoms with Gasteiger partial charge in [0.05, 0.1) is 29.0 Å². The SMILES string of the molecule is N#Cc1cnc(N[C@H](CC(=O)O)c2ccc(-c3c[nH]c4ncnc(N)c34)cc2)c(C(=O)NCCc2ccc(F)cc2)c1. The molecule has 0 saturated heterocycles. The summed E-state index contributed by atoms with van der Waals surface area (Å²) >= 11 is 0. The summed E-state index contributed by atoms with van der Waals surface area (Å²) < 4.78 is 13.2. The van der Waals surface area contributed by atoms with Crippen molar-refractivity contribution in [3.8, 4) is 17.2 Å². The van der Waals surface area contributed by atoms with Crippen molar-refractivity contribution >= 4 is 34.5 Å². The van der Waals surface area contributed by atoms with Gasteiger partial charge in [0.2, 0.25) is 0 Å². The lowest BCUT2D eigenvalue weighted by molar-refractivity contribution is -0.137. The number of halogens is 1. The largest absolute Gasteiger partial charge is 0.481 e. The summed E-state index contributed by atoms with van der Waals surface area (Å²) in [5.41, 5.74) is 10.0. The second-order valence-corrected chi connectivity index (χ2v) is 9.47. The van der Waals surface area contributed by atoms with Gasteiger partial charge in [-0.2, -0.15) is 5.26 Å². The number of carbonyl (C=O) groups is 2. The molecule has 0 radical (unpaired) electrons. The number of hydrogen-bond donors (Lipinski definition) is 5. The average molecular weight is 565 g/mol. The van der Waals surface area contributed by atoms with Crippen LogP contribution in [0.2, 0.25) is 0 Å². The molecule has 6 N–H and O–H groups in total. The van der Waals surface area contributed by atoms with Gasteiger partial charge in [-0.15, -0.1) is 0 Å². The van der Waals surface area contributed by atoms with Gasteiger partial charge in [0.15, 0.2) is 0 Å². The van der Waals surface area contributed by atoms with E-state index in [2.05, 4.69) is 30.6 Å². The van der Waals surface area contributed by atoms with Crippen LogP contribution in [0.4, 0.5) is 16.0 Å². The third-order valence-corrected chi connectivity index (χ3v) is 6.69. The highest BCUT2D eigenvalue weighted by Crippen LogP contribution is 2.32. The molecule has 42 heavy (non-hydrogen) atoms. The van der Waals surface area contributed by atoms with E-state index in [0.717, 1.165) is 16.7 Å². The number of pyridine rings is 1. The van der Waals surface area contributed by atoms with Gasteiger partial charge < -0.3 is 26.5 Å². The fraction of sp³-hybridized carbons (Fsp3) is 0.133. The number of aliphatic carboxylic acids is 1. The molecule has 2 aromatic carbocycles. The fourth-order valence-corrected chi connectivity index (χ4v) is 4.58. The van der Waals surface area contributed by atoms with Gasteiger partial charge in [-0.05, 0) is 41.3 Å². The number of fused-ring (bicyclic) bond motifs is 1. The monoisotopic (exact) mass is 564 g/mol. The van der Waals surface area contributed by atoms with E-state index in [0.29, 0.717) is 28.8 Å². The van der Waals surface area contributed by atoms with Gasteiger partial charge in [-0.25, -0.2) is 19.3 Å². The number of carbonyl (C=O) groups excluding carboxylic acids is 1. The molecule has 3 heterocycles. The van der Waals surface area contributed by atoms with Crippen LogP contribution in [-0.2, 0) is 11.2 Å². The topological polar surface area (TPSA) is 183 Å². The first-order chi connectivity index (χ1) is 20.3. The molecular weight excluding hydrogens is 539 g/mol. The minimum atomic E-state index is -1.06. The van der Waals surface area contributed by atoms with Gasteiger partial charge in [-0.1, -0.05) is 36.4 Å². The molecule has 1 amide bonds. The zero-order valence-corrected chi connectivity index (χ0v) is 22.1. The third kappa shape index (κ3) is 6.15. The number of aromatic amines is 1. The summed E-state index contributed by atoms with van der Waals surface area (Å²) in [5, 5.41) is 25.6. The molecule has 3 aromatic heterocycles. The first kappa shape index (κ1) is 27.7. The van der Waals surface area contributed by atoms with E-state index in [9.17, 15) is 24.3 Å². The second kappa shape index (κ2) is 12.1. The molecule has 1 atom stereocenters. The number of carboxylic acid groups (broad SMARTS) is 1. The number of aromatic nitrogens is 4. The van der Waals surface area contributed by atoms with Gasteiger partial charge >= 0.3 is 5.97 Å². The molecule has 5 aromatic rings. The second-order valence-electron chi connectivity index (χ2n) is 9.47. The number of nitrogens with one attached hydrogen (secondary N) is 3. The zero-order valence-electron chi connectivity index (χ0n) is 22.1. The molecular formula is C30H25FN8O3. The maximum absolute atomic E-state index is 13.2. The summed E-state index contributed by atoms with van der Waals surface area (Å²) in [4.78, 5) is 40.5. The number of nitrogen functional groups attached to an aromatic ring is 1. The first-order valence-corrected chi connectivity index (χ1v) is 12.9. The third-order valence-electron chi connectivity index (χ3n) is 6.69. The van der Waals surface area contributed by atoms with E-state index in [1.54, 1.807) is 30.5 Å². The minimum absolute atomic E-state index is 0.0921. The summed E-state index contributed by atoms with van der Waals surface area (Å²) in [6.07, 6.45) is 4.62. The Morgan fingerprint density at radius 3 is 2.57 bits per heavy atom. The lowest BCUT2D eigenvalue weighted by atomic mass is 9.99. The minimum Gasteiger partial charge on any atom is -0.481 e. The van der Waals surface area contributed by atoms with E-state index in [1.165, 1.54) is 30.7 Å². The highest BCUT2D eigenvalue weighted by atomic mass is 19.1. The number of carboxylic acids is 1. The van der Waals surface area contributed by atoms with Gasteiger partial charge in [0.25, 0.3) is 5.91 Å². The normalized spacial score (nSPS) is 11.5. The van der Waals surface area contributed by atoms with Crippen LogP contribution >= 0.6 is 0 Å². The van der Waals surface area contributed by atoms with Crippen LogP contribution < -0.4 is 16.4 Å². The van der Waals surface area contributed by atoms with Crippen molar-refractivity contribution in [3.05, 3.63) is 101 Å². The van der Waals surface area contributed by atoms with E-state index in [1.807, 2.05) is 18.2 Å².